The van der Waals surface area contributed by atoms with Crippen LogP contribution in [0.5, 0.6) is 11.5 Å². The van der Waals surface area contributed by atoms with Gasteiger partial charge in [0.2, 0.25) is 0 Å². The Labute approximate surface area is 105 Å². The number of anilines is 1. The van der Waals surface area contributed by atoms with Gasteiger partial charge >= 0.3 is 0 Å². The lowest BCUT2D eigenvalue weighted by molar-refractivity contribution is 0.479. The molecule has 0 aliphatic rings. The van der Waals surface area contributed by atoms with Crippen LogP contribution < -0.4 is 10.5 Å². The van der Waals surface area contributed by atoms with E-state index in [1.54, 1.807) is 12.5 Å². The van der Waals surface area contributed by atoms with E-state index in [1.807, 2.05) is 47.9 Å². The molecule has 0 aliphatic carbocycles. The summed E-state index contributed by atoms with van der Waals surface area (Å²) < 4.78 is 7.78. The summed E-state index contributed by atoms with van der Waals surface area (Å²) in [5.74, 6) is 1.60. The van der Waals surface area contributed by atoms with Crippen molar-refractivity contribution in [2.75, 3.05) is 5.73 Å². The van der Waals surface area contributed by atoms with Gasteiger partial charge in [0.25, 0.3) is 0 Å². The second kappa shape index (κ2) is 4.07. The minimum absolute atomic E-state index is 0.742. The summed E-state index contributed by atoms with van der Waals surface area (Å²) in [6.07, 6.45) is 5.47. The minimum Gasteiger partial charge on any atom is -0.457 e. The summed E-state index contributed by atoms with van der Waals surface area (Å²) in [7, 11) is 0. The molecule has 0 unspecified atom stereocenters. The topological polar surface area (TPSA) is 52.5 Å². The lowest BCUT2D eigenvalue weighted by Gasteiger charge is -2.09. The van der Waals surface area contributed by atoms with Gasteiger partial charge in [-0.1, -0.05) is 0 Å². The largest absolute Gasteiger partial charge is 0.457 e. The number of hydrogen-bond donors (Lipinski definition) is 1. The SMILES string of the molecule is Cc1cc(N)ccc1Oc1ccn2cncc2c1. The molecule has 0 radical (unpaired) electrons. The van der Waals surface area contributed by atoms with Crippen molar-refractivity contribution in [1.29, 1.82) is 0 Å². The van der Waals surface area contributed by atoms with Gasteiger partial charge in [-0.2, -0.15) is 0 Å². The predicted molar refractivity (Wildman–Crippen MR) is 70.9 cm³/mol. The quantitative estimate of drug-likeness (QED) is 0.699. The van der Waals surface area contributed by atoms with Gasteiger partial charge in [-0.15, -0.1) is 0 Å². The Bertz CT molecular complexity index is 703. The predicted octanol–water partition coefficient (Wildman–Crippen LogP) is 3.02. The summed E-state index contributed by atoms with van der Waals surface area (Å²) >= 11 is 0. The van der Waals surface area contributed by atoms with E-state index in [2.05, 4.69) is 4.98 Å². The fourth-order valence-electron chi connectivity index (χ4n) is 1.88. The first kappa shape index (κ1) is 10.7. The molecular formula is C14H13N3O. The van der Waals surface area contributed by atoms with Crippen LogP contribution in [0.2, 0.25) is 0 Å². The highest BCUT2D eigenvalue weighted by molar-refractivity contribution is 5.52. The van der Waals surface area contributed by atoms with Crippen molar-refractivity contribution in [3.05, 3.63) is 54.6 Å². The van der Waals surface area contributed by atoms with Gasteiger partial charge in [0.05, 0.1) is 18.0 Å². The molecule has 0 bridgehead atoms. The fraction of sp³-hybridized carbons (Fsp3) is 0.0714. The van der Waals surface area contributed by atoms with Crippen LogP contribution in [0.4, 0.5) is 5.69 Å². The summed E-state index contributed by atoms with van der Waals surface area (Å²) in [6, 6.07) is 9.46. The van der Waals surface area contributed by atoms with Crippen molar-refractivity contribution in [3.8, 4) is 11.5 Å². The van der Waals surface area contributed by atoms with Crippen molar-refractivity contribution in [3.63, 3.8) is 0 Å². The third kappa shape index (κ3) is 1.88. The molecule has 0 fully saturated rings. The van der Waals surface area contributed by atoms with Crippen LogP contribution in [0, 0.1) is 6.92 Å². The number of rotatable bonds is 2. The van der Waals surface area contributed by atoms with Gasteiger partial charge in [0.15, 0.2) is 0 Å². The van der Waals surface area contributed by atoms with Gasteiger partial charge in [-0.3, -0.25) is 0 Å². The molecule has 3 rings (SSSR count). The molecule has 0 aliphatic heterocycles. The number of nitrogens with two attached hydrogens (primary N) is 1. The van der Waals surface area contributed by atoms with E-state index in [9.17, 15) is 0 Å². The zero-order valence-electron chi connectivity index (χ0n) is 10.00. The van der Waals surface area contributed by atoms with Gasteiger partial charge < -0.3 is 14.9 Å². The molecule has 90 valence electrons. The molecule has 2 N–H and O–H groups in total. The Kier molecular flexibility index (Phi) is 2.41. The van der Waals surface area contributed by atoms with Gasteiger partial charge in [0, 0.05) is 18.0 Å². The minimum atomic E-state index is 0.742. The lowest BCUT2D eigenvalue weighted by atomic mass is 10.2. The van der Waals surface area contributed by atoms with E-state index in [0.717, 1.165) is 28.3 Å². The number of aromatic nitrogens is 2. The second-order valence-electron chi connectivity index (χ2n) is 4.22. The van der Waals surface area contributed by atoms with Crippen LogP contribution in [0.25, 0.3) is 5.52 Å². The van der Waals surface area contributed by atoms with Crippen molar-refractivity contribution in [1.82, 2.24) is 9.38 Å². The molecule has 0 atom stereocenters. The van der Waals surface area contributed by atoms with Crippen LogP contribution in [-0.2, 0) is 0 Å². The van der Waals surface area contributed by atoms with Crippen molar-refractivity contribution in [2.24, 2.45) is 0 Å². The standard InChI is InChI=1S/C14H13N3O/c1-10-6-11(15)2-3-14(10)18-13-4-5-17-9-16-8-12(17)7-13/h2-9H,15H2,1H3. The zero-order chi connectivity index (χ0) is 12.5. The number of imidazole rings is 1. The Hall–Kier alpha value is -2.49. The molecule has 0 saturated carbocycles. The molecule has 18 heavy (non-hydrogen) atoms. The molecule has 0 spiro atoms. The molecule has 2 aromatic heterocycles. The lowest BCUT2D eigenvalue weighted by Crippen LogP contribution is -1.91. The molecule has 0 saturated heterocycles. The van der Waals surface area contributed by atoms with Crippen molar-refractivity contribution < 1.29 is 4.74 Å². The molecule has 4 heteroatoms. The highest BCUT2D eigenvalue weighted by Gasteiger charge is 2.03. The highest BCUT2D eigenvalue weighted by Crippen LogP contribution is 2.27. The number of benzene rings is 1. The number of pyridine rings is 1. The molecule has 1 aromatic carbocycles. The monoisotopic (exact) mass is 239 g/mol. The first-order valence-electron chi connectivity index (χ1n) is 5.68. The summed E-state index contributed by atoms with van der Waals surface area (Å²) in [5.41, 5.74) is 8.47. The van der Waals surface area contributed by atoms with Gasteiger partial charge in [-0.05, 0) is 36.8 Å². The maximum atomic E-state index is 5.84. The normalized spacial score (nSPS) is 10.7. The molecule has 0 amide bonds. The Morgan fingerprint density at radius 3 is 2.94 bits per heavy atom. The van der Waals surface area contributed by atoms with E-state index in [4.69, 9.17) is 10.5 Å². The van der Waals surface area contributed by atoms with E-state index in [1.165, 1.54) is 0 Å². The number of ether oxygens (including phenoxy) is 1. The molecule has 4 nitrogen and oxygen atoms in total. The van der Waals surface area contributed by atoms with Crippen molar-refractivity contribution in [2.45, 2.75) is 6.92 Å². The fourth-order valence-corrected chi connectivity index (χ4v) is 1.88. The van der Waals surface area contributed by atoms with E-state index >= 15 is 0 Å². The number of nitrogens with zero attached hydrogens (tertiary/aromatic N) is 2. The van der Waals surface area contributed by atoms with Crippen molar-refractivity contribution >= 4 is 11.2 Å². The molecule has 3 aromatic rings. The smallest absolute Gasteiger partial charge is 0.131 e. The van der Waals surface area contributed by atoms with E-state index < -0.39 is 0 Å². The van der Waals surface area contributed by atoms with Crippen LogP contribution in [0.1, 0.15) is 5.56 Å². The highest BCUT2D eigenvalue weighted by atomic mass is 16.5. The maximum absolute atomic E-state index is 5.84. The van der Waals surface area contributed by atoms with Crippen LogP contribution in [0.15, 0.2) is 49.1 Å². The third-order valence-corrected chi connectivity index (χ3v) is 2.81. The van der Waals surface area contributed by atoms with Crippen LogP contribution in [-0.4, -0.2) is 9.38 Å². The summed E-state index contributed by atoms with van der Waals surface area (Å²) in [5, 5.41) is 0. The first-order chi connectivity index (χ1) is 8.72. The second-order valence-corrected chi connectivity index (χ2v) is 4.22. The van der Waals surface area contributed by atoms with E-state index in [0.29, 0.717) is 0 Å². The van der Waals surface area contributed by atoms with Crippen LogP contribution >= 0.6 is 0 Å². The molecule has 2 heterocycles. The van der Waals surface area contributed by atoms with E-state index in [-0.39, 0.29) is 0 Å². The Morgan fingerprint density at radius 2 is 2.11 bits per heavy atom. The average molecular weight is 239 g/mol. The Balaban J connectivity index is 1.95. The van der Waals surface area contributed by atoms with Crippen LogP contribution in [0.3, 0.4) is 0 Å². The van der Waals surface area contributed by atoms with Gasteiger partial charge in [0.1, 0.15) is 11.5 Å². The average Bonchev–Trinajstić information content (AvgIpc) is 2.80. The third-order valence-electron chi connectivity index (χ3n) is 2.81. The zero-order valence-corrected chi connectivity index (χ0v) is 10.00. The Morgan fingerprint density at radius 1 is 1.22 bits per heavy atom. The number of nitrogen functional groups attached to an aromatic ring is 1. The maximum Gasteiger partial charge on any atom is 0.131 e. The van der Waals surface area contributed by atoms with Gasteiger partial charge in [-0.25, -0.2) is 4.98 Å². The number of aryl methyl sites for hydroxylation is 1. The summed E-state index contributed by atoms with van der Waals surface area (Å²) in [4.78, 5) is 4.07. The first-order valence-corrected chi connectivity index (χ1v) is 5.68. The molecular weight excluding hydrogens is 226 g/mol. The number of fused-ring (bicyclic) bond motifs is 1. The summed E-state index contributed by atoms with van der Waals surface area (Å²) in [6.45, 7) is 1.98. The number of hydrogen-bond acceptors (Lipinski definition) is 3.